The van der Waals surface area contributed by atoms with Gasteiger partial charge in [-0.05, 0) is 0 Å². The zero-order valence-corrected chi connectivity index (χ0v) is 5.09. The van der Waals surface area contributed by atoms with Crippen LogP contribution in [-0.4, -0.2) is 31.7 Å². The summed E-state index contributed by atoms with van der Waals surface area (Å²) in [5.41, 5.74) is 5.23. The van der Waals surface area contributed by atoms with Crippen molar-refractivity contribution in [1.82, 2.24) is 5.32 Å². The maximum atomic E-state index is 10.7. The highest BCUT2D eigenvalue weighted by Crippen LogP contribution is 1.91. The van der Waals surface area contributed by atoms with Gasteiger partial charge >= 0.3 is 5.97 Å². The molecular weight excluding hydrogens is 120 g/mol. The molecule has 1 unspecified atom stereocenters. The second-order valence-corrected chi connectivity index (χ2v) is 1.91. The van der Waals surface area contributed by atoms with Crippen molar-refractivity contribution in [3.8, 4) is 0 Å². The van der Waals surface area contributed by atoms with Gasteiger partial charge in [-0.25, -0.2) is 0 Å². The van der Waals surface area contributed by atoms with Gasteiger partial charge in [0.15, 0.2) is 0 Å². The van der Waals surface area contributed by atoms with Crippen molar-refractivity contribution >= 4 is 5.97 Å². The van der Waals surface area contributed by atoms with Gasteiger partial charge in [0, 0.05) is 13.1 Å². The molecule has 4 heteroatoms. The van der Waals surface area contributed by atoms with Crippen LogP contribution in [0.15, 0.2) is 0 Å². The number of morpholine rings is 1. The first kappa shape index (κ1) is 6.51. The second-order valence-electron chi connectivity index (χ2n) is 1.91. The molecule has 3 N–H and O–H groups in total. The van der Waals surface area contributed by atoms with Crippen LogP contribution >= 0.6 is 0 Å². The summed E-state index contributed by atoms with van der Waals surface area (Å²) in [5, 5.41) is 2.92. The molecule has 1 atom stereocenters. The van der Waals surface area contributed by atoms with Crippen molar-refractivity contribution in [2.45, 2.75) is 6.04 Å². The Morgan fingerprint density at radius 3 is 3.11 bits per heavy atom. The number of esters is 1. The van der Waals surface area contributed by atoms with E-state index in [-0.39, 0.29) is 12.0 Å². The van der Waals surface area contributed by atoms with Crippen molar-refractivity contribution in [2.24, 2.45) is 5.73 Å². The van der Waals surface area contributed by atoms with Crippen LogP contribution in [0.1, 0.15) is 0 Å². The Morgan fingerprint density at radius 1 is 1.89 bits per heavy atom. The average molecular weight is 130 g/mol. The van der Waals surface area contributed by atoms with E-state index < -0.39 is 0 Å². The molecule has 0 aromatic heterocycles. The number of hydrogen-bond acceptors (Lipinski definition) is 4. The van der Waals surface area contributed by atoms with Crippen LogP contribution in [0.3, 0.4) is 0 Å². The summed E-state index contributed by atoms with van der Waals surface area (Å²) in [7, 11) is 0. The van der Waals surface area contributed by atoms with Gasteiger partial charge in [0.1, 0.15) is 12.6 Å². The van der Waals surface area contributed by atoms with E-state index in [2.05, 4.69) is 5.32 Å². The summed E-state index contributed by atoms with van der Waals surface area (Å²) < 4.78 is 4.70. The molecule has 1 fully saturated rings. The lowest BCUT2D eigenvalue weighted by Crippen LogP contribution is -2.49. The Balaban J connectivity index is 2.39. The third kappa shape index (κ3) is 1.40. The van der Waals surface area contributed by atoms with Gasteiger partial charge in [0.2, 0.25) is 0 Å². The fourth-order valence-corrected chi connectivity index (χ4v) is 0.748. The first-order chi connectivity index (χ1) is 4.34. The smallest absolute Gasteiger partial charge is 0.324 e. The predicted octanol–water partition coefficient (Wildman–Crippen LogP) is -1.54. The van der Waals surface area contributed by atoms with Crippen molar-refractivity contribution in [2.75, 3.05) is 19.7 Å². The third-order valence-electron chi connectivity index (χ3n) is 1.26. The molecule has 0 bridgehead atoms. The SMILES string of the molecule is NCC1NCCOC1=O. The Morgan fingerprint density at radius 2 is 2.67 bits per heavy atom. The second kappa shape index (κ2) is 2.80. The molecule has 0 saturated carbocycles. The minimum atomic E-state index is -0.279. The molecule has 1 rings (SSSR count). The molecule has 0 amide bonds. The van der Waals surface area contributed by atoms with E-state index in [0.717, 1.165) is 0 Å². The monoisotopic (exact) mass is 130 g/mol. The van der Waals surface area contributed by atoms with E-state index in [0.29, 0.717) is 19.7 Å². The van der Waals surface area contributed by atoms with Crippen LogP contribution in [0.25, 0.3) is 0 Å². The zero-order chi connectivity index (χ0) is 6.69. The maximum Gasteiger partial charge on any atom is 0.324 e. The van der Waals surface area contributed by atoms with Crippen molar-refractivity contribution in [3.05, 3.63) is 0 Å². The lowest BCUT2D eigenvalue weighted by molar-refractivity contribution is -0.149. The van der Waals surface area contributed by atoms with Crippen molar-refractivity contribution in [3.63, 3.8) is 0 Å². The number of nitrogens with one attached hydrogen (secondary N) is 1. The number of carbonyl (C=O) groups is 1. The number of nitrogens with two attached hydrogens (primary N) is 1. The Kier molecular flexibility index (Phi) is 2.02. The molecule has 9 heavy (non-hydrogen) atoms. The number of cyclic esters (lactones) is 1. The molecular formula is C5H10N2O2. The Bertz CT molecular complexity index is 116. The lowest BCUT2D eigenvalue weighted by atomic mass is 10.3. The van der Waals surface area contributed by atoms with Gasteiger partial charge in [0.05, 0.1) is 0 Å². The van der Waals surface area contributed by atoms with Gasteiger partial charge in [-0.15, -0.1) is 0 Å². The van der Waals surface area contributed by atoms with Crippen LogP contribution in [0.5, 0.6) is 0 Å². The summed E-state index contributed by atoms with van der Waals surface area (Å²) in [4.78, 5) is 10.7. The van der Waals surface area contributed by atoms with E-state index in [1.54, 1.807) is 0 Å². The molecule has 1 aliphatic heterocycles. The molecule has 4 nitrogen and oxygen atoms in total. The van der Waals surface area contributed by atoms with E-state index in [9.17, 15) is 4.79 Å². The van der Waals surface area contributed by atoms with Gasteiger partial charge < -0.3 is 10.5 Å². The van der Waals surface area contributed by atoms with Crippen LogP contribution in [0.2, 0.25) is 0 Å². The molecule has 52 valence electrons. The minimum absolute atomic E-state index is 0.233. The van der Waals surface area contributed by atoms with Crippen LogP contribution in [0.4, 0.5) is 0 Å². The molecule has 0 spiro atoms. The molecule has 1 saturated heterocycles. The van der Waals surface area contributed by atoms with E-state index in [4.69, 9.17) is 10.5 Å². The minimum Gasteiger partial charge on any atom is -0.463 e. The molecule has 0 aromatic rings. The van der Waals surface area contributed by atoms with Gasteiger partial charge in [0.25, 0.3) is 0 Å². The van der Waals surface area contributed by atoms with E-state index >= 15 is 0 Å². The van der Waals surface area contributed by atoms with E-state index in [1.165, 1.54) is 0 Å². The topological polar surface area (TPSA) is 64.3 Å². The van der Waals surface area contributed by atoms with Gasteiger partial charge in [-0.2, -0.15) is 0 Å². The van der Waals surface area contributed by atoms with Crippen LogP contribution in [-0.2, 0) is 9.53 Å². The normalized spacial score (nSPS) is 27.7. The summed E-state index contributed by atoms with van der Waals surface area (Å²) >= 11 is 0. The van der Waals surface area contributed by atoms with Gasteiger partial charge in [-0.1, -0.05) is 0 Å². The summed E-state index contributed by atoms with van der Waals surface area (Å²) in [6.07, 6.45) is 0. The summed E-state index contributed by atoms with van der Waals surface area (Å²) in [6, 6.07) is -0.279. The van der Waals surface area contributed by atoms with Gasteiger partial charge in [-0.3, -0.25) is 10.1 Å². The number of hydrogen-bond donors (Lipinski definition) is 2. The predicted molar refractivity (Wildman–Crippen MR) is 31.8 cm³/mol. The molecule has 0 aromatic carbocycles. The highest BCUT2D eigenvalue weighted by Gasteiger charge is 2.20. The zero-order valence-electron chi connectivity index (χ0n) is 5.09. The molecule has 0 aliphatic carbocycles. The fraction of sp³-hybridized carbons (Fsp3) is 0.800. The van der Waals surface area contributed by atoms with Crippen molar-refractivity contribution in [1.29, 1.82) is 0 Å². The Labute approximate surface area is 53.4 Å². The van der Waals surface area contributed by atoms with Crippen LogP contribution < -0.4 is 11.1 Å². The molecule has 0 radical (unpaired) electrons. The first-order valence-electron chi connectivity index (χ1n) is 2.94. The highest BCUT2D eigenvalue weighted by atomic mass is 16.5. The molecule has 1 aliphatic rings. The molecule has 1 heterocycles. The number of rotatable bonds is 1. The largest absolute Gasteiger partial charge is 0.463 e. The number of carbonyl (C=O) groups excluding carboxylic acids is 1. The summed E-state index contributed by atoms with van der Waals surface area (Å²) in [6.45, 7) is 1.50. The fourth-order valence-electron chi connectivity index (χ4n) is 0.748. The Hall–Kier alpha value is -0.610. The summed E-state index contributed by atoms with van der Waals surface area (Å²) in [5.74, 6) is -0.233. The highest BCUT2D eigenvalue weighted by molar-refractivity contribution is 5.76. The third-order valence-corrected chi connectivity index (χ3v) is 1.26. The van der Waals surface area contributed by atoms with Crippen LogP contribution in [0, 0.1) is 0 Å². The van der Waals surface area contributed by atoms with E-state index in [1.807, 2.05) is 0 Å². The quantitative estimate of drug-likeness (QED) is 0.422. The first-order valence-corrected chi connectivity index (χ1v) is 2.94. The standard InChI is InChI=1S/C5H10N2O2/c6-3-4-5(8)9-2-1-7-4/h4,7H,1-3,6H2. The maximum absolute atomic E-state index is 10.7. The average Bonchev–Trinajstić information content (AvgIpc) is 1.89. The number of ether oxygens (including phenoxy) is 1. The van der Waals surface area contributed by atoms with Crippen molar-refractivity contribution < 1.29 is 9.53 Å². The lowest BCUT2D eigenvalue weighted by Gasteiger charge is -2.20.